The van der Waals surface area contributed by atoms with Crippen LogP contribution in [0.2, 0.25) is 5.02 Å². The molecule has 112 valence electrons. The third kappa shape index (κ3) is 4.23. The molecule has 5 nitrogen and oxygen atoms in total. The van der Waals surface area contributed by atoms with Crippen LogP contribution in [0, 0.1) is 0 Å². The fourth-order valence-electron chi connectivity index (χ4n) is 1.72. The van der Waals surface area contributed by atoms with E-state index in [1.165, 1.54) is 0 Å². The quantitative estimate of drug-likeness (QED) is 0.887. The summed E-state index contributed by atoms with van der Waals surface area (Å²) in [6, 6.07) is 8.74. The first kappa shape index (κ1) is 15.4. The Labute approximate surface area is 128 Å². The number of carbonyl (C=O) groups is 1. The third-order valence-electron chi connectivity index (χ3n) is 2.95. The first-order valence-corrected chi connectivity index (χ1v) is 7.12. The van der Waals surface area contributed by atoms with E-state index in [4.69, 9.17) is 16.3 Å². The van der Waals surface area contributed by atoms with Crippen molar-refractivity contribution in [1.29, 1.82) is 0 Å². The van der Waals surface area contributed by atoms with Crippen molar-refractivity contribution in [3.63, 3.8) is 0 Å². The lowest BCUT2D eigenvalue weighted by atomic mass is 10.1. The van der Waals surface area contributed by atoms with Gasteiger partial charge in [0.1, 0.15) is 5.75 Å². The standard InChI is InChI=1S/C15H18ClN3O2/c1-9(2)13-8-14(19-18-13)17-15(20)10(3)21-12-6-4-5-11(16)7-12/h4-10H,1-3H3,(H2,17,18,19,20). The molecule has 2 N–H and O–H groups in total. The van der Waals surface area contributed by atoms with Crippen LogP contribution in [0.3, 0.4) is 0 Å². The predicted molar refractivity (Wildman–Crippen MR) is 82.8 cm³/mol. The van der Waals surface area contributed by atoms with Gasteiger partial charge in [-0.3, -0.25) is 9.89 Å². The van der Waals surface area contributed by atoms with Gasteiger partial charge in [0, 0.05) is 16.8 Å². The van der Waals surface area contributed by atoms with Gasteiger partial charge in [0.15, 0.2) is 11.9 Å². The Kier molecular flexibility index (Phi) is 4.85. The molecular weight excluding hydrogens is 290 g/mol. The molecule has 0 saturated carbocycles. The number of aromatic nitrogens is 2. The van der Waals surface area contributed by atoms with Crippen LogP contribution in [0.1, 0.15) is 32.4 Å². The van der Waals surface area contributed by atoms with Crippen LogP contribution in [-0.4, -0.2) is 22.2 Å². The normalized spacial score (nSPS) is 12.2. The summed E-state index contributed by atoms with van der Waals surface area (Å²) in [6.45, 7) is 5.76. The molecule has 0 radical (unpaired) electrons. The number of hydrogen-bond acceptors (Lipinski definition) is 3. The van der Waals surface area contributed by atoms with E-state index < -0.39 is 6.10 Å². The monoisotopic (exact) mass is 307 g/mol. The van der Waals surface area contributed by atoms with Crippen LogP contribution < -0.4 is 10.1 Å². The molecule has 0 aliphatic rings. The summed E-state index contributed by atoms with van der Waals surface area (Å²) in [5, 5.41) is 10.2. The number of hydrogen-bond donors (Lipinski definition) is 2. The summed E-state index contributed by atoms with van der Waals surface area (Å²) in [7, 11) is 0. The number of halogens is 1. The van der Waals surface area contributed by atoms with Crippen molar-refractivity contribution in [3.8, 4) is 5.75 Å². The van der Waals surface area contributed by atoms with Gasteiger partial charge in [-0.2, -0.15) is 5.10 Å². The fraction of sp³-hybridized carbons (Fsp3) is 0.333. The number of anilines is 1. The molecule has 6 heteroatoms. The maximum absolute atomic E-state index is 12.1. The van der Waals surface area contributed by atoms with Crippen molar-refractivity contribution in [2.24, 2.45) is 0 Å². The van der Waals surface area contributed by atoms with Crippen molar-refractivity contribution >= 4 is 23.3 Å². The molecule has 0 bridgehead atoms. The number of rotatable bonds is 5. The van der Waals surface area contributed by atoms with Crippen LogP contribution in [0.4, 0.5) is 5.82 Å². The molecule has 1 amide bonds. The van der Waals surface area contributed by atoms with Crippen molar-refractivity contribution in [3.05, 3.63) is 41.0 Å². The summed E-state index contributed by atoms with van der Waals surface area (Å²) in [5.74, 6) is 1.10. The molecular formula is C15H18ClN3O2. The van der Waals surface area contributed by atoms with Crippen LogP contribution in [0.25, 0.3) is 0 Å². The SMILES string of the molecule is CC(Oc1cccc(Cl)c1)C(=O)Nc1cc(C(C)C)[nH]n1. The lowest BCUT2D eigenvalue weighted by Crippen LogP contribution is -2.30. The molecule has 1 heterocycles. The molecule has 1 atom stereocenters. The Morgan fingerprint density at radius 3 is 2.71 bits per heavy atom. The van der Waals surface area contributed by atoms with Crippen LogP contribution in [0.5, 0.6) is 5.75 Å². The molecule has 2 rings (SSSR count). The van der Waals surface area contributed by atoms with Gasteiger partial charge in [-0.15, -0.1) is 0 Å². The summed E-state index contributed by atoms with van der Waals surface area (Å²) >= 11 is 5.88. The van der Waals surface area contributed by atoms with E-state index in [1.54, 1.807) is 31.2 Å². The molecule has 0 fully saturated rings. The zero-order valence-corrected chi connectivity index (χ0v) is 12.9. The number of aromatic amines is 1. The maximum atomic E-state index is 12.1. The molecule has 0 spiro atoms. The third-order valence-corrected chi connectivity index (χ3v) is 3.18. The van der Waals surface area contributed by atoms with Crippen molar-refractivity contribution < 1.29 is 9.53 Å². The van der Waals surface area contributed by atoms with Gasteiger partial charge in [0.05, 0.1) is 0 Å². The van der Waals surface area contributed by atoms with E-state index in [2.05, 4.69) is 15.5 Å². The maximum Gasteiger partial charge on any atom is 0.266 e. The highest BCUT2D eigenvalue weighted by atomic mass is 35.5. The second kappa shape index (κ2) is 6.63. The van der Waals surface area contributed by atoms with Crippen LogP contribution in [0.15, 0.2) is 30.3 Å². The Balaban J connectivity index is 1.95. The second-order valence-electron chi connectivity index (χ2n) is 5.07. The highest BCUT2D eigenvalue weighted by Gasteiger charge is 2.16. The van der Waals surface area contributed by atoms with Crippen molar-refractivity contribution in [1.82, 2.24) is 10.2 Å². The molecule has 21 heavy (non-hydrogen) atoms. The minimum absolute atomic E-state index is 0.267. The lowest BCUT2D eigenvalue weighted by molar-refractivity contribution is -0.122. The summed E-state index contributed by atoms with van der Waals surface area (Å²) in [5.41, 5.74) is 0.966. The molecule has 2 aromatic rings. The minimum atomic E-state index is -0.650. The number of amides is 1. The van der Waals surface area contributed by atoms with Gasteiger partial charge in [0.2, 0.25) is 0 Å². The van der Waals surface area contributed by atoms with Gasteiger partial charge >= 0.3 is 0 Å². The smallest absolute Gasteiger partial charge is 0.266 e. The lowest BCUT2D eigenvalue weighted by Gasteiger charge is -2.13. The molecule has 0 saturated heterocycles. The molecule has 0 aliphatic heterocycles. The van der Waals surface area contributed by atoms with Gasteiger partial charge in [-0.05, 0) is 31.0 Å². The summed E-state index contributed by atoms with van der Waals surface area (Å²) < 4.78 is 5.55. The molecule has 0 aliphatic carbocycles. The Hall–Kier alpha value is -2.01. The first-order chi connectivity index (χ1) is 9.95. The fourth-order valence-corrected chi connectivity index (χ4v) is 1.90. The molecule has 1 aromatic heterocycles. The van der Waals surface area contributed by atoms with E-state index in [9.17, 15) is 4.79 Å². The van der Waals surface area contributed by atoms with E-state index in [0.29, 0.717) is 22.5 Å². The van der Waals surface area contributed by atoms with Crippen molar-refractivity contribution in [2.75, 3.05) is 5.32 Å². The van der Waals surface area contributed by atoms with Gasteiger partial charge < -0.3 is 10.1 Å². The first-order valence-electron chi connectivity index (χ1n) is 6.74. The Morgan fingerprint density at radius 1 is 1.33 bits per heavy atom. The number of ether oxygens (including phenoxy) is 1. The zero-order chi connectivity index (χ0) is 15.4. The van der Waals surface area contributed by atoms with E-state index >= 15 is 0 Å². The average Bonchev–Trinajstić information content (AvgIpc) is 2.87. The Morgan fingerprint density at radius 2 is 2.10 bits per heavy atom. The van der Waals surface area contributed by atoms with Crippen molar-refractivity contribution in [2.45, 2.75) is 32.8 Å². The number of nitrogens with zero attached hydrogens (tertiary/aromatic N) is 1. The highest BCUT2D eigenvalue weighted by molar-refractivity contribution is 6.30. The topological polar surface area (TPSA) is 67.0 Å². The summed E-state index contributed by atoms with van der Waals surface area (Å²) in [4.78, 5) is 12.1. The second-order valence-corrected chi connectivity index (χ2v) is 5.51. The minimum Gasteiger partial charge on any atom is -0.481 e. The average molecular weight is 308 g/mol. The number of benzene rings is 1. The molecule has 1 aromatic carbocycles. The van der Waals surface area contributed by atoms with E-state index in [-0.39, 0.29) is 5.91 Å². The van der Waals surface area contributed by atoms with E-state index in [0.717, 1.165) is 5.69 Å². The number of H-pyrrole nitrogens is 1. The summed E-state index contributed by atoms with van der Waals surface area (Å²) in [6.07, 6.45) is -0.650. The Bertz CT molecular complexity index is 625. The van der Waals surface area contributed by atoms with Crippen LogP contribution >= 0.6 is 11.6 Å². The predicted octanol–water partition coefficient (Wildman–Crippen LogP) is 3.59. The number of carbonyl (C=O) groups excluding carboxylic acids is 1. The zero-order valence-electron chi connectivity index (χ0n) is 12.2. The highest BCUT2D eigenvalue weighted by Crippen LogP contribution is 2.19. The van der Waals surface area contributed by atoms with Gasteiger partial charge in [-0.1, -0.05) is 31.5 Å². The molecule has 1 unspecified atom stereocenters. The number of nitrogens with one attached hydrogen (secondary N) is 2. The largest absolute Gasteiger partial charge is 0.481 e. The van der Waals surface area contributed by atoms with Gasteiger partial charge in [-0.25, -0.2) is 0 Å². The van der Waals surface area contributed by atoms with Gasteiger partial charge in [0.25, 0.3) is 5.91 Å². The van der Waals surface area contributed by atoms with Crippen LogP contribution in [-0.2, 0) is 4.79 Å². The van der Waals surface area contributed by atoms with E-state index in [1.807, 2.05) is 19.9 Å².